The van der Waals surface area contributed by atoms with E-state index in [9.17, 15) is 5.48 Å². The molecule has 49 heavy (non-hydrogen) atoms. The molecule has 1 spiro atoms. The van der Waals surface area contributed by atoms with E-state index in [1.165, 1.54) is 0 Å². The zero-order valence-electron chi connectivity index (χ0n) is 31.3. The fourth-order valence-electron chi connectivity index (χ4n) is 7.39. The minimum Gasteiger partial charge on any atom is -0.208 e. The highest BCUT2D eigenvalue weighted by molar-refractivity contribution is 5.85. The Hall–Kier alpha value is -5.67. The van der Waals surface area contributed by atoms with E-state index in [0.717, 1.165) is 66.8 Å². The summed E-state index contributed by atoms with van der Waals surface area (Å²) in [6.45, 7) is 2.11. The van der Waals surface area contributed by atoms with Crippen LogP contribution in [0.1, 0.15) is 54.2 Å². The average molecular weight is 636 g/mol. The number of aryl methyl sites for hydroxylation is 1. The number of nitrogens with zero attached hydrogens (tertiary/aromatic N) is 3. The van der Waals surface area contributed by atoms with E-state index < -0.39 is 18.2 Å². The molecule has 0 N–H and O–H groups in total. The fraction of sp³-hybridized carbons (Fsp3) is 0.152. The standard InChI is InChI=1S/C46H37N3/c1-31-19-20-36(37-25-26-39-38-17-9-10-18-41(38)46(42(39)30-37)27-11-4-12-28-46)29-40(31)32-21-23-35(24-22-32)45-48-43(33-13-5-2-6-14-33)47-44(49-45)34-15-7-3-8-16-34/h2-3,5-10,13-26,29-30H,4,11-12,27-28H2,1H3/i27D2,28D2. The largest absolute Gasteiger partial charge is 0.208 e. The molecular weight excluding hydrogens is 595 g/mol. The molecule has 3 nitrogen and oxygen atoms in total. The van der Waals surface area contributed by atoms with E-state index in [0.29, 0.717) is 36.7 Å². The maximum Gasteiger partial charge on any atom is 0.164 e. The van der Waals surface area contributed by atoms with Crippen molar-refractivity contribution >= 4 is 0 Å². The van der Waals surface area contributed by atoms with Gasteiger partial charge in [-0.05, 0) is 81.9 Å². The lowest BCUT2D eigenvalue weighted by Gasteiger charge is -2.36. The lowest BCUT2D eigenvalue weighted by molar-refractivity contribution is 0.353. The van der Waals surface area contributed by atoms with E-state index >= 15 is 0 Å². The molecule has 0 unspecified atom stereocenters. The molecule has 7 aromatic rings. The Morgan fingerprint density at radius 1 is 0.429 bits per heavy atom. The van der Waals surface area contributed by atoms with Crippen LogP contribution >= 0.6 is 0 Å². The second-order valence-electron chi connectivity index (χ2n) is 12.9. The van der Waals surface area contributed by atoms with Crippen LogP contribution in [-0.2, 0) is 5.41 Å². The summed E-state index contributed by atoms with van der Waals surface area (Å²) in [5, 5.41) is 0. The molecule has 2 aliphatic rings. The molecule has 0 radical (unpaired) electrons. The molecule has 3 heteroatoms. The summed E-state index contributed by atoms with van der Waals surface area (Å²) >= 11 is 0. The molecule has 0 saturated heterocycles. The van der Waals surface area contributed by atoms with Gasteiger partial charge >= 0.3 is 0 Å². The van der Waals surface area contributed by atoms with Crippen molar-refractivity contribution in [2.75, 3.05) is 0 Å². The molecule has 0 amide bonds. The highest BCUT2D eigenvalue weighted by atomic mass is 15.0. The lowest BCUT2D eigenvalue weighted by atomic mass is 9.67. The third-order valence-electron chi connectivity index (χ3n) is 9.90. The van der Waals surface area contributed by atoms with Gasteiger partial charge in [0.2, 0.25) is 0 Å². The smallest absolute Gasteiger partial charge is 0.164 e. The Kier molecular flexibility index (Phi) is 6.26. The van der Waals surface area contributed by atoms with Crippen molar-refractivity contribution in [2.24, 2.45) is 0 Å². The highest BCUT2D eigenvalue weighted by Gasteiger charge is 2.43. The molecule has 1 fully saturated rings. The quantitative estimate of drug-likeness (QED) is 0.189. The SMILES string of the molecule is [2H]C1([2H])CCCC([2H])([2H])C12c1ccccc1-c1ccc(-c3ccc(C)c(-c4ccc(-c5nc(-c6ccccc6)nc(-c6ccccc6)n5)cc4)c3)cc12. The van der Waals surface area contributed by atoms with Gasteiger partial charge in [0.05, 0.1) is 0 Å². The van der Waals surface area contributed by atoms with Gasteiger partial charge in [-0.3, -0.25) is 0 Å². The number of benzene rings is 6. The van der Waals surface area contributed by atoms with Gasteiger partial charge in [0.25, 0.3) is 0 Å². The zero-order chi connectivity index (χ0) is 36.4. The first-order valence-electron chi connectivity index (χ1n) is 19.0. The topological polar surface area (TPSA) is 38.7 Å². The minimum atomic E-state index is -1.75. The van der Waals surface area contributed by atoms with Crippen molar-refractivity contribution in [2.45, 2.75) is 44.3 Å². The molecule has 0 bridgehead atoms. The number of hydrogen-bond donors (Lipinski definition) is 0. The van der Waals surface area contributed by atoms with E-state index in [2.05, 4.69) is 67.6 Å². The van der Waals surface area contributed by atoms with E-state index in [4.69, 9.17) is 15.0 Å². The van der Waals surface area contributed by atoms with E-state index in [-0.39, 0.29) is 0 Å². The van der Waals surface area contributed by atoms with Crippen LogP contribution in [0.25, 0.3) is 67.5 Å². The van der Waals surface area contributed by atoms with Gasteiger partial charge in [-0.25, -0.2) is 15.0 Å². The van der Waals surface area contributed by atoms with Gasteiger partial charge in [0.15, 0.2) is 17.5 Å². The summed E-state index contributed by atoms with van der Waals surface area (Å²) in [4.78, 5) is 14.6. The predicted molar refractivity (Wildman–Crippen MR) is 201 cm³/mol. The molecule has 1 saturated carbocycles. The third-order valence-corrected chi connectivity index (χ3v) is 9.90. The summed E-state index contributed by atoms with van der Waals surface area (Å²) in [5.41, 5.74) is 9.92. The second-order valence-corrected chi connectivity index (χ2v) is 12.9. The number of fused-ring (bicyclic) bond motifs is 5. The highest BCUT2D eigenvalue weighted by Crippen LogP contribution is 2.56. The van der Waals surface area contributed by atoms with Gasteiger partial charge in [0, 0.05) is 27.6 Å². The van der Waals surface area contributed by atoms with Crippen LogP contribution in [0, 0.1) is 6.92 Å². The van der Waals surface area contributed by atoms with Crippen LogP contribution in [0.4, 0.5) is 0 Å². The molecule has 6 aromatic carbocycles. The average Bonchev–Trinajstić information content (AvgIpc) is 3.50. The van der Waals surface area contributed by atoms with Crippen LogP contribution in [-0.4, -0.2) is 15.0 Å². The predicted octanol–water partition coefficient (Wildman–Crippen LogP) is 11.7. The van der Waals surface area contributed by atoms with Crippen LogP contribution < -0.4 is 0 Å². The summed E-state index contributed by atoms with van der Waals surface area (Å²) < 4.78 is 37.4. The van der Waals surface area contributed by atoms with Gasteiger partial charge < -0.3 is 0 Å². The van der Waals surface area contributed by atoms with Crippen molar-refractivity contribution < 1.29 is 5.48 Å². The Labute approximate surface area is 294 Å². The summed E-state index contributed by atoms with van der Waals surface area (Å²) in [5.74, 6) is 1.84. The van der Waals surface area contributed by atoms with Gasteiger partial charge in [-0.1, -0.05) is 153 Å². The van der Waals surface area contributed by atoms with Crippen molar-refractivity contribution in [3.63, 3.8) is 0 Å². The minimum absolute atomic E-state index is 0.320. The molecule has 1 heterocycles. The second kappa shape index (κ2) is 12.1. The van der Waals surface area contributed by atoms with E-state index in [1.807, 2.05) is 84.9 Å². The van der Waals surface area contributed by atoms with Gasteiger partial charge in [0.1, 0.15) is 0 Å². The summed E-state index contributed by atoms with van der Waals surface area (Å²) in [6, 6.07) is 48.7. The number of hydrogen-bond acceptors (Lipinski definition) is 3. The Bertz CT molecular complexity index is 2420. The van der Waals surface area contributed by atoms with Crippen molar-refractivity contribution in [1.82, 2.24) is 15.0 Å². The van der Waals surface area contributed by atoms with Crippen molar-refractivity contribution in [3.05, 3.63) is 162 Å². The van der Waals surface area contributed by atoms with Gasteiger partial charge in [-0.15, -0.1) is 0 Å². The maximum atomic E-state index is 9.34. The van der Waals surface area contributed by atoms with Crippen LogP contribution in [0.3, 0.4) is 0 Å². The monoisotopic (exact) mass is 635 g/mol. The Balaban J connectivity index is 1.11. The lowest BCUT2D eigenvalue weighted by Crippen LogP contribution is -2.28. The molecule has 236 valence electrons. The van der Waals surface area contributed by atoms with E-state index in [1.54, 1.807) is 0 Å². The summed E-state index contributed by atoms with van der Waals surface area (Å²) in [6.07, 6.45) is -2.34. The first kappa shape index (κ1) is 25.4. The van der Waals surface area contributed by atoms with Crippen LogP contribution in [0.5, 0.6) is 0 Å². The molecule has 0 atom stereocenters. The Morgan fingerprint density at radius 2 is 0.918 bits per heavy atom. The molecule has 0 aliphatic heterocycles. The zero-order valence-corrected chi connectivity index (χ0v) is 27.3. The molecule has 9 rings (SSSR count). The maximum absolute atomic E-state index is 9.34. The van der Waals surface area contributed by atoms with Crippen LogP contribution in [0.15, 0.2) is 146 Å². The summed E-state index contributed by atoms with van der Waals surface area (Å²) in [7, 11) is 0. The third kappa shape index (κ3) is 5.18. The molecular formula is C46H37N3. The fourth-order valence-corrected chi connectivity index (χ4v) is 7.39. The van der Waals surface area contributed by atoms with Crippen molar-refractivity contribution in [3.8, 4) is 67.5 Å². The Morgan fingerprint density at radius 3 is 1.57 bits per heavy atom. The van der Waals surface area contributed by atoms with Gasteiger partial charge in [-0.2, -0.15) is 0 Å². The first-order chi connectivity index (χ1) is 25.7. The normalized spacial score (nSPS) is 17.7. The van der Waals surface area contributed by atoms with Crippen LogP contribution in [0.2, 0.25) is 0 Å². The first-order valence-corrected chi connectivity index (χ1v) is 17.0. The molecule has 2 aliphatic carbocycles. The van der Waals surface area contributed by atoms with Crippen molar-refractivity contribution in [1.29, 1.82) is 0 Å². The number of rotatable bonds is 5. The molecule has 1 aromatic heterocycles. The number of aromatic nitrogens is 3.